The number of sulfonamides is 1. The van der Waals surface area contributed by atoms with Crippen LogP contribution < -0.4 is 24.4 Å². The molecule has 1 aliphatic heterocycles. The van der Waals surface area contributed by atoms with Gasteiger partial charge in [-0.1, -0.05) is 12.1 Å². The van der Waals surface area contributed by atoms with Crippen LogP contribution in [0.25, 0.3) is 0 Å². The molecule has 182 valence electrons. The maximum atomic E-state index is 12.9. The van der Waals surface area contributed by atoms with Gasteiger partial charge in [0.25, 0.3) is 15.7 Å². The Morgan fingerprint density at radius 1 is 1.03 bits per heavy atom. The molecule has 0 saturated carbocycles. The molecule has 3 aromatic carbocycles. The molecule has 0 saturated heterocycles. The number of ether oxygens (including phenoxy) is 3. The number of nitrogens with zero attached hydrogens (tertiary/aromatic N) is 2. The molecule has 0 atom stereocenters. The first-order valence-corrected chi connectivity index (χ1v) is 11.9. The van der Waals surface area contributed by atoms with Crippen LogP contribution in [-0.4, -0.2) is 39.4 Å². The number of benzene rings is 3. The minimum Gasteiger partial charge on any atom is -0.495 e. The molecule has 35 heavy (non-hydrogen) atoms. The van der Waals surface area contributed by atoms with Gasteiger partial charge in [0.1, 0.15) is 24.7 Å². The van der Waals surface area contributed by atoms with Gasteiger partial charge in [0, 0.05) is 11.6 Å². The van der Waals surface area contributed by atoms with Gasteiger partial charge in [0.2, 0.25) is 0 Å². The van der Waals surface area contributed by atoms with E-state index < -0.39 is 20.6 Å². The van der Waals surface area contributed by atoms with E-state index >= 15 is 0 Å². The van der Waals surface area contributed by atoms with Gasteiger partial charge >= 0.3 is 0 Å². The largest absolute Gasteiger partial charge is 0.495 e. The molecule has 0 bridgehead atoms. The molecule has 0 unspecified atom stereocenters. The fraction of sp³-hybridized carbons (Fsp3) is 0.174. The Kier molecular flexibility index (Phi) is 6.73. The number of hydrogen-bond acceptors (Lipinski definition) is 9. The van der Waals surface area contributed by atoms with Gasteiger partial charge < -0.3 is 14.2 Å². The number of rotatable bonds is 8. The number of hydrogen-bond donors (Lipinski definition) is 2. The Bertz CT molecular complexity index is 1410. The Hall–Kier alpha value is -4.32. The number of hydrazone groups is 1. The summed E-state index contributed by atoms with van der Waals surface area (Å²) in [6, 6.07) is 15.3. The maximum Gasteiger partial charge on any atom is 0.295 e. The summed E-state index contributed by atoms with van der Waals surface area (Å²) in [5.41, 5.74) is 3.70. The van der Waals surface area contributed by atoms with Crippen LogP contribution in [-0.2, 0) is 10.0 Å². The predicted octanol–water partition coefficient (Wildman–Crippen LogP) is 4.01. The number of nitrogens with one attached hydrogen (secondary N) is 2. The van der Waals surface area contributed by atoms with E-state index in [0.717, 1.165) is 11.6 Å². The number of para-hydroxylation sites is 2. The van der Waals surface area contributed by atoms with Gasteiger partial charge in [-0.2, -0.15) is 5.10 Å². The third-order valence-corrected chi connectivity index (χ3v) is 6.49. The summed E-state index contributed by atoms with van der Waals surface area (Å²) < 4.78 is 44.3. The summed E-state index contributed by atoms with van der Waals surface area (Å²) in [5.74, 6) is 1.54. The molecule has 0 aliphatic carbocycles. The van der Waals surface area contributed by atoms with Crippen LogP contribution in [0, 0.1) is 10.1 Å². The molecule has 1 aliphatic rings. The van der Waals surface area contributed by atoms with Gasteiger partial charge in [0.15, 0.2) is 11.5 Å². The number of methoxy groups -OCH3 is 1. The minimum atomic E-state index is -4.13. The number of anilines is 2. The first-order chi connectivity index (χ1) is 16.8. The summed E-state index contributed by atoms with van der Waals surface area (Å²) in [5, 5.41) is 15.9. The Labute approximate surface area is 201 Å². The van der Waals surface area contributed by atoms with E-state index in [0.29, 0.717) is 36.2 Å². The van der Waals surface area contributed by atoms with Crippen LogP contribution in [0.5, 0.6) is 17.2 Å². The fourth-order valence-electron chi connectivity index (χ4n) is 3.33. The van der Waals surface area contributed by atoms with E-state index in [-0.39, 0.29) is 16.3 Å². The number of nitro groups is 1. The lowest BCUT2D eigenvalue weighted by Gasteiger charge is -2.18. The molecular weight excluding hydrogens is 476 g/mol. The van der Waals surface area contributed by atoms with E-state index in [4.69, 9.17) is 14.2 Å². The summed E-state index contributed by atoms with van der Waals surface area (Å²) in [6.45, 7) is 2.64. The van der Waals surface area contributed by atoms with Crippen LogP contribution in [0.1, 0.15) is 12.5 Å². The number of fused-ring (bicyclic) bond motifs is 1. The smallest absolute Gasteiger partial charge is 0.295 e. The fourth-order valence-corrected chi connectivity index (χ4v) is 4.42. The molecule has 0 radical (unpaired) electrons. The van der Waals surface area contributed by atoms with Crippen molar-refractivity contribution in [2.24, 2.45) is 5.10 Å². The summed E-state index contributed by atoms with van der Waals surface area (Å²) in [7, 11) is -2.72. The lowest BCUT2D eigenvalue weighted by molar-refractivity contribution is -0.384. The zero-order chi connectivity index (χ0) is 25.0. The Morgan fingerprint density at radius 3 is 2.51 bits per heavy atom. The van der Waals surface area contributed by atoms with Crippen LogP contribution in [0.15, 0.2) is 70.7 Å². The SMILES string of the molecule is COc1ccccc1NS(=O)(=O)c1ccc(N/N=C(\C)c2ccc3c(c2)OCCO3)c([N+](=O)[O-])c1. The molecule has 1 heterocycles. The van der Waals surface area contributed by atoms with Gasteiger partial charge in [-0.3, -0.25) is 20.3 Å². The Morgan fingerprint density at radius 2 is 1.77 bits per heavy atom. The first-order valence-electron chi connectivity index (χ1n) is 10.4. The van der Waals surface area contributed by atoms with Gasteiger partial charge in [0.05, 0.1) is 28.3 Å². The molecule has 12 heteroatoms. The second-order valence-electron chi connectivity index (χ2n) is 7.41. The summed E-state index contributed by atoms with van der Waals surface area (Å²) >= 11 is 0. The van der Waals surface area contributed by atoms with Crippen LogP contribution in [0.4, 0.5) is 17.1 Å². The molecule has 0 aromatic heterocycles. The Balaban J connectivity index is 1.58. The average molecular weight is 499 g/mol. The topological polar surface area (TPSA) is 141 Å². The summed E-state index contributed by atoms with van der Waals surface area (Å²) in [4.78, 5) is 10.7. The molecule has 11 nitrogen and oxygen atoms in total. The molecule has 0 spiro atoms. The molecule has 2 N–H and O–H groups in total. The standard InChI is InChI=1S/C23H22N4O7S/c1-15(16-7-10-22-23(13-16)34-12-11-33-22)24-25-18-9-8-17(14-20(18)27(28)29)35(30,31)26-19-5-3-4-6-21(19)32-2/h3-10,13-14,25-26H,11-12H2,1-2H3/b24-15+. The zero-order valence-corrected chi connectivity index (χ0v) is 19.7. The normalized spacial score (nSPS) is 13.1. The van der Waals surface area contributed by atoms with Crippen molar-refractivity contribution < 1.29 is 27.6 Å². The molecule has 0 amide bonds. The van der Waals surface area contributed by atoms with E-state index in [9.17, 15) is 18.5 Å². The van der Waals surface area contributed by atoms with Gasteiger partial charge in [-0.05, 0) is 49.4 Å². The third-order valence-electron chi connectivity index (χ3n) is 5.13. The van der Waals surface area contributed by atoms with E-state index in [1.165, 1.54) is 25.3 Å². The quantitative estimate of drug-likeness (QED) is 0.270. The highest BCUT2D eigenvalue weighted by molar-refractivity contribution is 7.92. The van der Waals surface area contributed by atoms with Crippen molar-refractivity contribution in [3.05, 3.63) is 76.3 Å². The number of nitro benzene ring substituents is 1. The minimum absolute atomic E-state index is 0.0307. The average Bonchev–Trinajstić information content (AvgIpc) is 2.86. The molecule has 0 fully saturated rings. The predicted molar refractivity (Wildman–Crippen MR) is 130 cm³/mol. The van der Waals surface area contributed by atoms with Crippen LogP contribution in [0.2, 0.25) is 0 Å². The van der Waals surface area contributed by atoms with Crippen LogP contribution in [0.3, 0.4) is 0 Å². The third kappa shape index (κ3) is 5.27. The van der Waals surface area contributed by atoms with Crippen molar-refractivity contribution >= 4 is 32.8 Å². The highest BCUT2D eigenvalue weighted by Gasteiger charge is 2.23. The summed E-state index contributed by atoms with van der Waals surface area (Å²) in [6.07, 6.45) is 0. The second-order valence-corrected chi connectivity index (χ2v) is 9.09. The molecule has 3 aromatic rings. The van der Waals surface area contributed by atoms with E-state index in [2.05, 4.69) is 15.2 Å². The lowest BCUT2D eigenvalue weighted by Crippen LogP contribution is -2.15. The van der Waals surface area contributed by atoms with E-state index in [1.807, 2.05) is 0 Å². The van der Waals surface area contributed by atoms with Crippen molar-refractivity contribution in [1.29, 1.82) is 0 Å². The van der Waals surface area contributed by atoms with Crippen molar-refractivity contribution in [3.63, 3.8) is 0 Å². The van der Waals surface area contributed by atoms with Crippen molar-refractivity contribution in [3.8, 4) is 17.2 Å². The highest BCUT2D eigenvalue weighted by Crippen LogP contribution is 2.32. The zero-order valence-electron chi connectivity index (χ0n) is 18.8. The van der Waals surface area contributed by atoms with Crippen molar-refractivity contribution in [2.75, 3.05) is 30.5 Å². The first kappa shape index (κ1) is 23.8. The van der Waals surface area contributed by atoms with Gasteiger partial charge in [-0.25, -0.2) is 8.42 Å². The van der Waals surface area contributed by atoms with Crippen LogP contribution >= 0.6 is 0 Å². The molecular formula is C23H22N4O7S. The van der Waals surface area contributed by atoms with Gasteiger partial charge in [-0.15, -0.1) is 0 Å². The highest BCUT2D eigenvalue weighted by atomic mass is 32.2. The van der Waals surface area contributed by atoms with E-state index in [1.54, 1.807) is 43.3 Å². The lowest BCUT2D eigenvalue weighted by atomic mass is 10.1. The second kappa shape index (κ2) is 9.89. The molecule has 4 rings (SSSR count). The van der Waals surface area contributed by atoms with Crippen molar-refractivity contribution in [2.45, 2.75) is 11.8 Å². The maximum absolute atomic E-state index is 12.9. The van der Waals surface area contributed by atoms with Crippen molar-refractivity contribution in [1.82, 2.24) is 0 Å². The monoisotopic (exact) mass is 498 g/mol.